The molecule has 0 saturated carbocycles. The fourth-order valence-corrected chi connectivity index (χ4v) is 3.00. The molecule has 132 valence electrons. The van der Waals surface area contributed by atoms with E-state index in [1.54, 1.807) is 7.11 Å². The summed E-state index contributed by atoms with van der Waals surface area (Å²) >= 11 is 0. The second-order valence-electron chi connectivity index (χ2n) is 6.14. The molecule has 0 atom stereocenters. The molecule has 0 radical (unpaired) electrons. The van der Waals surface area contributed by atoms with Gasteiger partial charge in [0.05, 0.1) is 12.8 Å². The molecule has 0 aliphatic carbocycles. The normalized spacial score (nSPS) is 13.0. The maximum absolute atomic E-state index is 11.4. The van der Waals surface area contributed by atoms with Crippen molar-refractivity contribution in [2.45, 2.75) is 26.8 Å². The van der Waals surface area contributed by atoms with Gasteiger partial charge in [0.1, 0.15) is 11.5 Å². The molecule has 2 aromatic rings. The van der Waals surface area contributed by atoms with Gasteiger partial charge < -0.3 is 20.1 Å². The van der Waals surface area contributed by atoms with Crippen molar-refractivity contribution in [1.82, 2.24) is 10.3 Å². The van der Waals surface area contributed by atoms with Crippen LogP contribution >= 0.6 is 0 Å². The van der Waals surface area contributed by atoms with Crippen LogP contribution in [0, 0.1) is 13.8 Å². The molecule has 0 unspecified atom stereocenters. The first kappa shape index (κ1) is 17.2. The van der Waals surface area contributed by atoms with E-state index in [9.17, 15) is 4.79 Å². The number of rotatable bonds is 6. The molecule has 3 rings (SSSR count). The van der Waals surface area contributed by atoms with E-state index in [2.05, 4.69) is 15.6 Å². The summed E-state index contributed by atoms with van der Waals surface area (Å²) in [7, 11) is 1.69. The highest BCUT2D eigenvalue weighted by Gasteiger charge is 2.15. The largest absolute Gasteiger partial charge is 0.496 e. The van der Waals surface area contributed by atoms with E-state index in [0.717, 1.165) is 52.5 Å². The Bertz CT molecular complexity index is 790. The minimum atomic E-state index is -0.118. The molecule has 0 spiro atoms. The standard InChI is InChI=1S/C19H23N3O3/c1-12-9-21-15(13(2)19(12)24-3)6-7-20-10-14-4-5-17-16(8-14)22-18(23)11-25-17/h4-5,8-9,20H,6-7,10-11H2,1-3H3,(H,22,23). The Morgan fingerprint density at radius 3 is 3.00 bits per heavy atom. The summed E-state index contributed by atoms with van der Waals surface area (Å²) < 4.78 is 10.8. The summed E-state index contributed by atoms with van der Waals surface area (Å²) in [6.07, 6.45) is 2.68. The van der Waals surface area contributed by atoms with Crippen LogP contribution in [0.5, 0.6) is 11.5 Å². The third kappa shape index (κ3) is 3.91. The fraction of sp³-hybridized carbons (Fsp3) is 0.368. The van der Waals surface area contributed by atoms with E-state index in [4.69, 9.17) is 9.47 Å². The van der Waals surface area contributed by atoms with Crippen LogP contribution < -0.4 is 20.1 Å². The number of nitrogens with one attached hydrogen (secondary N) is 2. The van der Waals surface area contributed by atoms with Gasteiger partial charge in [-0.1, -0.05) is 6.07 Å². The lowest BCUT2D eigenvalue weighted by atomic mass is 10.1. The molecule has 2 N–H and O–H groups in total. The summed E-state index contributed by atoms with van der Waals surface area (Å²) in [5.41, 5.74) is 5.01. The molecule has 0 fully saturated rings. The quantitative estimate of drug-likeness (QED) is 0.789. The van der Waals surface area contributed by atoms with Crippen molar-refractivity contribution in [1.29, 1.82) is 0 Å². The van der Waals surface area contributed by atoms with Gasteiger partial charge in [-0.3, -0.25) is 9.78 Å². The molecule has 6 heteroatoms. The van der Waals surface area contributed by atoms with Crippen LogP contribution in [0.3, 0.4) is 0 Å². The molecule has 2 heterocycles. The van der Waals surface area contributed by atoms with E-state index >= 15 is 0 Å². The van der Waals surface area contributed by atoms with Crippen LogP contribution in [0.25, 0.3) is 0 Å². The van der Waals surface area contributed by atoms with Gasteiger partial charge in [-0.15, -0.1) is 0 Å². The number of methoxy groups -OCH3 is 1. The number of aryl methyl sites for hydroxylation is 1. The molecule has 1 aromatic heterocycles. The fourth-order valence-electron chi connectivity index (χ4n) is 3.00. The number of fused-ring (bicyclic) bond motifs is 1. The van der Waals surface area contributed by atoms with Gasteiger partial charge >= 0.3 is 0 Å². The number of hydrogen-bond acceptors (Lipinski definition) is 5. The molecule has 6 nitrogen and oxygen atoms in total. The highest BCUT2D eigenvalue weighted by atomic mass is 16.5. The van der Waals surface area contributed by atoms with Crippen LogP contribution in [0.1, 0.15) is 22.4 Å². The number of carbonyl (C=O) groups excluding carboxylic acids is 1. The number of benzene rings is 1. The van der Waals surface area contributed by atoms with Crippen LogP contribution in [0.2, 0.25) is 0 Å². The zero-order valence-electron chi connectivity index (χ0n) is 14.8. The molecule has 0 saturated heterocycles. The van der Waals surface area contributed by atoms with Gasteiger partial charge in [0.25, 0.3) is 5.91 Å². The summed E-state index contributed by atoms with van der Waals surface area (Å²) in [6, 6.07) is 5.84. The van der Waals surface area contributed by atoms with E-state index in [0.29, 0.717) is 6.54 Å². The second-order valence-corrected chi connectivity index (χ2v) is 6.14. The SMILES string of the molecule is COc1c(C)cnc(CCNCc2ccc3c(c2)NC(=O)CO3)c1C. The summed E-state index contributed by atoms with van der Waals surface area (Å²) in [5.74, 6) is 1.51. The minimum Gasteiger partial charge on any atom is -0.496 e. The monoisotopic (exact) mass is 341 g/mol. The number of nitrogens with zero attached hydrogens (tertiary/aromatic N) is 1. The first-order valence-electron chi connectivity index (χ1n) is 8.34. The third-order valence-electron chi connectivity index (χ3n) is 4.29. The highest BCUT2D eigenvalue weighted by molar-refractivity contribution is 5.95. The Morgan fingerprint density at radius 2 is 2.20 bits per heavy atom. The van der Waals surface area contributed by atoms with E-state index < -0.39 is 0 Å². The summed E-state index contributed by atoms with van der Waals surface area (Å²) in [4.78, 5) is 15.9. The molecule has 1 aromatic carbocycles. The minimum absolute atomic E-state index is 0.0803. The molecule has 1 aliphatic heterocycles. The van der Waals surface area contributed by atoms with E-state index in [-0.39, 0.29) is 12.5 Å². The Morgan fingerprint density at radius 1 is 1.36 bits per heavy atom. The Labute approximate surface area is 147 Å². The topological polar surface area (TPSA) is 72.5 Å². The van der Waals surface area contributed by atoms with E-state index in [1.807, 2.05) is 38.2 Å². The predicted molar refractivity (Wildman–Crippen MR) is 96.2 cm³/mol. The van der Waals surface area contributed by atoms with Crippen LogP contribution in [-0.4, -0.2) is 31.2 Å². The first-order valence-corrected chi connectivity index (χ1v) is 8.34. The van der Waals surface area contributed by atoms with Crippen molar-refractivity contribution in [3.05, 3.63) is 46.8 Å². The molecular weight excluding hydrogens is 318 g/mol. The maximum Gasteiger partial charge on any atom is 0.262 e. The van der Waals surface area contributed by atoms with Gasteiger partial charge in [0, 0.05) is 42.5 Å². The average molecular weight is 341 g/mol. The number of anilines is 1. The zero-order valence-corrected chi connectivity index (χ0v) is 14.8. The summed E-state index contributed by atoms with van der Waals surface area (Å²) in [5, 5.41) is 6.24. The highest BCUT2D eigenvalue weighted by Crippen LogP contribution is 2.28. The Kier molecular flexibility index (Phi) is 5.19. The molecular formula is C19H23N3O3. The van der Waals surface area contributed by atoms with Gasteiger partial charge in [-0.25, -0.2) is 0 Å². The van der Waals surface area contributed by atoms with Crippen molar-refractivity contribution in [2.24, 2.45) is 0 Å². The number of ether oxygens (including phenoxy) is 2. The van der Waals surface area contributed by atoms with Gasteiger partial charge in [-0.05, 0) is 31.5 Å². The molecule has 1 aliphatic rings. The predicted octanol–water partition coefficient (Wildman–Crippen LogP) is 2.37. The number of carbonyl (C=O) groups is 1. The van der Waals surface area contributed by atoms with Crippen molar-refractivity contribution < 1.29 is 14.3 Å². The lowest BCUT2D eigenvalue weighted by molar-refractivity contribution is -0.118. The van der Waals surface area contributed by atoms with Crippen molar-refractivity contribution in [3.63, 3.8) is 0 Å². The van der Waals surface area contributed by atoms with Crippen LogP contribution in [0.4, 0.5) is 5.69 Å². The van der Waals surface area contributed by atoms with Crippen molar-refractivity contribution in [3.8, 4) is 11.5 Å². The van der Waals surface area contributed by atoms with Gasteiger partial charge in [-0.2, -0.15) is 0 Å². The average Bonchev–Trinajstić information content (AvgIpc) is 2.60. The maximum atomic E-state index is 11.4. The molecule has 25 heavy (non-hydrogen) atoms. The number of pyridine rings is 1. The number of hydrogen-bond donors (Lipinski definition) is 2. The first-order chi connectivity index (χ1) is 12.1. The number of aromatic nitrogens is 1. The van der Waals surface area contributed by atoms with Gasteiger partial charge in [0.15, 0.2) is 6.61 Å². The number of amides is 1. The molecule has 1 amide bonds. The Balaban J connectivity index is 1.56. The van der Waals surface area contributed by atoms with Crippen molar-refractivity contribution >= 4 is 11.6 Å². The molecule has 0 bridgehead atoms. The van der Waals surface area contributed by atoms with E-state index in [1.165, 1.54) is 0 Å². The summed E-state index contributed by atoms with van der Waals surface area (Å²) in [6.45, 7) is 5.64. The Hall–Kier alpha value is -2.60. The van der Waals surface area contributed by atoms with Crippen molar-refractivity contribution in [2.75, 3.05) is 25.6 Å². The van der Waals surface area contributed by atoms with Crippen LogP contribution in [-0.2, 0) is 17.8 Å². The van der Waals surface area contributed by atoms with Gasteiger partial charge in [0.2, 0.25) is 0 Å². The second kappa shape index (κ2) is 7.53. The lowest BCUT2D eigenvalue weighted by Crippen LogP contribution is -2.25. The van der Waals surface area contributed by atoms with Crippen LogP contribution in [0.15, 0.2) is 24.4 Å². The lowest BCUT2D eigenvalue weighted by Gasteiger charge is -2.18. The smallest absolute Gasteiger partial charge is 0.262 e. The zero-order chi connectivity index (χ0) is 17.8. The third-order valence-corrected chi connectivity index (χ3v) is 4.29.